The molecule has 25 heavy (non-hydrogen) atoms. The lowest BCUT2D eigenvalue weighted by atomic mass is 10.1. The van der Waals surface area contributed by atoms with Crippen molar-refractivity contribution in [2.75, 3.05) is 19.0 Å². The fourth-order valence-corrected chi connectivity index (χ4v) is 2.51. The third-order valence-electron chi connectivity index (χ3n) is 3.96. The number of benzene rings is 1. The summed E-state index contributed by atoms with van der Waals surface area (Å²) in [5.74, 6) is 1.38. The normalized spacial score (nSPS) is 12.3. The number of rotatable bonds is 7. The van der Waals surface area contributed by atoms with Crippen LogP contribution in [0.1, 0.15) is 19.2 Å². The van der Waals surface area contributed by atoms with Gasteiger partial charge < -0.3 is 10.0 Å². The van der Waals surface area contributed by atoms with Gasteiger partial charge >= 0.3 is 0 Å². The molecule has 0 spiro atoms. The monoisotopic (exact) mass is 341 g/mol. The average molecular weight is 341 g/mol. The van der Waals surface area contributed by atoms with Gasteiger partial charge in [0.05, 0.1) is 12.6 Å². The van der Waals surface area contributed by atoms with E-state index in [9.17, 15) is 5.11 Å². The minimum absolute atomic E-state index is 0.405. The number of nitrogens with zero attached hydrogens (tertiary/aromatic N) is 7. The van der Waals surface area contributed by atoms with Gasteiger partial charge in [-0.3, -0.25) is 0 Å². The van der Waals surface area contributed by atoms with Crippen LogP contribution in [-0.2, 0) is 13.1 Å². The molecule has 0 saturated carbocycles. The summed E-state index contributed by atoms with van der Waals surface area (Å²) in [6.45, 7) is 2.79. The highest BCUT2D eigenvalue weighted by atomic mass is 16.3. The van der Waals surface area contributed by atoms with E-state index >= 15 is 0 Å². The fraction of sp³-hybridized carbons (Fsp3) is 0.412. The Labute approximate surface area is 146 Å². The summed E-state index contributed by atoms with van der Waals surface area (Å²) in [5, 5.41) is 18.7. The maximum atomic E-state index is 10.1. The first-order valence-corrected chi connectivity index (χ1v) is 8.28. The Kier molecular flexibility index (Phi) is 5.08. The first-order valence-electron chi connectivity index (χ1n) is 8.28. The molecule has 0 aliphatic carbocycles. The third-order valence-corrected chi connectivity index (χ3v) is 3.96. The molecule has 2 heterocycles. The van der Waals surface area contributed by atoms with Gasteiger partial charge in [0.2, 0.25) is 0 Å². The van der Waals surface area contributed by atoms with E-state index in [4.69, 9.17) is 0 Å². The van der Waals surface area contributed by atoms with E-state index in [1.165, 1.54) is 6.33 Å². The summed E-state index contributed by atoms with van der Waals surface area (Å²) in [6, 6.07) is 8.11. The lowest BCUT2D eigenvalue weighted by Gasteiger charge is -2.14. The smallest absolute Gasteiger partial charge is 0.172 e. The Morgan fingerprint density at radius 2 is 2.12 bits per heavy atom. The SMILES string of the molecule is CCC(O)Cn1nc(Cn2cncn2)nc1-c1cccc(N(C)C)c1. The molecular weight excluding hydrogens is 318 g/mol. The maximum absolute atomic E-state index is 10.1. The van der Waals surface area contributed by atoms with Crippen molar-refractivity contribution in [3.63, 3.8) is 0 Å². The molecule has 3 aromatic rings. The summed E-state index contributed by atoms with van der Waals surface area (Å²) in [6.07, 6.45) is 3.32. The predicted molar refractivity (Wildman–Crippen MR) is 95.2 cm³/mol. The van der Waals surface area contributed by atoms with Gasteiger partial charge in [-0.2, -0.15) is 10.2 Å². The lowest BCUT2D eigenvalue weighted by Crippen LogP contribution is -2.17. The Morgan fingerprint density at radius 1 is 1.28 bits per heavy atom. The second-order valence-corrected chi connectivity index (χ2v) is 6.13. The van der Waals surface area contributed by atoms with Gasteiger partial charge in [-0.15, -0.1) is 0 Å². The van der Waals surface area contributed by atoms with Crippen molar-refractivity contribution in [3.05, 3.63) is 42.7 Å². The van der Waals surface area contributed by atoms with Crippen LogP contribution >= 0.6 is 0 Å². The van der Waals surface area contributed by atoms with Crippen LogP contribution in [0.15, 0.2) is 36.9 Å². The molecule has 8 nitrogen and oxygen atoms in total. The van der Waals surface area contributed by atoms with Gasteiger partial charge in [0, 0.05) is 25.3 Å². The molecule has 0 bridgehead atoms. The molecule has 0 fully saturated rings. The third kappa shape index (κ3) is 4.03. The quantitative estimate of drug-likeness (QED) is 0.700. The highest BCUT2D eigenvalue weighted by Crippen LogP contribution is 2.23. The molecule has 1 N–H and O–H groups in total. The minimum atomic E-state index is -0.461. The number of aromatic nitrogens is 6. The van der Waals surface area contributed by atoms with E-state index in [1.807, 2.05) is 44.1 Å². The van der Waals surface area contributed by atoms with Gasteiger partial charge in [-0.25, -0.2) is 19.3 Å². The van der Waals surface area contributed by atoms with Crippen LogP contribution in [0.25, 0.3) is 11.4 Å². The van der Waals surface area contributed by atoms with Crippen LogP contribution in [-0.4, -0.2) is 54.8 Å². The van der Waals surface area contributed by atoms with Gasteiger partial charge in [0.1, 0.15) is 19.2 Å². The van der Waals surface area contributed by atoms with Crippen molar-refractivity contribution in [2.45, 2.75) is 32.5 Å². The highest BCUT2D eigenvalue weighted by molar-refractivity contribution is 5.63. The highest BCUT2D eigenvalue weighted by Gasteiger charge is 2.15. The summed E-state index contributed by atoms with van der Waals surface area (Å²) < 4.78 is 3.45. The zero-order chi connectivity index (χ0) is 17.8. The topological polar surface area (TPSA) is 84.9 Å². The molecule has 0 aliphatic rings. The first kappa shape index (κ1) is 17.1. The standard InChI is InChI=1S/C17H23N7O/c1-4-15(25)9-24-17(13-6-5-7-14(8-13)22(2)3)20-16(21-24)10-23-12-18-11-19-23/h5-8,11-12,15,25H,4,9-10H2,1-3H3. The molecule has 2 aromatic heterocycles. The second kappa shape index (κ2) is 7.43. The Balaban J connectivity index is 1.97. The number of hydrogen-bond donors (Lipinski definition) is 1. The average Bonchev–Trinajstić information content (AvgIpc) is 3.25. The zero-order valence-electron chi connectivity index (χ0n) is 14.7. The molecule has 3 rings (SSSR count). The van der Waals surface area contributed by atoms with E-state index in [2.05, 4.69) is 26.2 Å². The van der Waals surface area contributed by atoms with Crippen LogP contribution in [0.2, 0.25) is 0 Å². The van der Waals surface area contributed by atoms with Gasteiger partial charge in [-0.1, -0.05) is 19.1 Å². The van der Waals surface area contributed by atoms with Crippen molar-refractivity contribution in [3.8, 4) is 11.4 Å². The molecule has 1 aromatic carbocycles. The second-order valence-electron chi connectivity index (χ2n) is 6.13. The van der Waals surface area contributed by atoms with Crippen LogP contribution in [0.4, 0.5) is 5.69 Å². The van der Waals surface area contributed by atoms with Crippen LogP contribution in [0.3, 0.4) is 0 Å². The Morgan fingerprint density at radius 3 is 2.80 bits per heavy atom. The maximum Gasteiger partial charge on any atom is 0.172 e. The Bertz CT molecular complexity index is 810. The largest absolute Gasteiger partial charge is 0.391 e. The minimum Gasteiger partial charge on any atom is -0.391 e. The number of aliphatic hydroxyl groups excluding tert-OH is 1. The summed E-state index contributed by atoms with van der Waals surface area (Å²) in [5.41, 5.74) is 2.05. The van der Waals surface area contributed by atoms with Crippen LogP contribution in [0, 0.1) is 0 Å². The summed E-state index contributed by atoms with van der Waals surface area (Å²) in [7, 11) is 4.00. The van der Waals surface area contributed by atoms with Crippen molar-refractivity contribution in [1.29, 1.82) is 0 Å². The van der Waals surface area contributed by atoms with Gasteiger partial charge in [0.25, 0.3) is 0 Å². The van der Waals surface area contributed by atoms with Crippen LogP contribution in [0.5, 0.6) is 0 Å². The zero-order valence-corrected chi connectivity index (χ0v) is 14.7. The summed E-state index contributed by atoms with van der Waals surface area (Å²) in [4.78, 5) is 10.7. The van der Waals surface area contributed by atoms with Crippen LogP contribution < -0.4 is 4.90 Å². The fourth-order valence-electron chi connectivity index (χ4n) is 2.51. The number of hydrogen-bond acceptors (Lipinski definition) is 6. The molecule has 0 saturated heterocycles. The molecule has 1 unspecified atom stereocenters. The van der Waals surface area contributed by atoms with Gasteiger partial charge in [0.15, 0.2) is 11.6 Å². The van der Waals surface area contributed by atoms with Crippen molar-refractivity contribution in [1.82, 2.24) is 29.5 Å². The van der Waals surface area contributed by atoms with Gasteiger partial charge in [-0.05, 0) is 18.6 Å². The molecular formula is C17H23N7O. The lowest BCUT2D eigenvalue weighted by molar-refractivity contribution is 0.145. The van der Waals surface area contributed by atoms with E-state index < -0.39 is 6.10 Å². The number of aliphatic hydroxyl groups is 1. The Hall–Kier alpha value is -2.74. The molecule has 132 valence electrons. The van der Waals surface area contributed by atoms with Crippen molar-refractivity contribution in [2.24, 2.45) is 0 Å². The van der Waals surface area contributed by atoms with E-state index in [0.29, 0.717) is 25.3 Å². The van der Waals surface area contributed by atoms with E-state index in [0.717, 1.165) is 17.1 Å². The van der Waals surface area contributed by atoms with E-state index in [-0.39, 0.29) is 0 Å². The summed E-state index contributed by atoms with van der Waals surface area (Å²) >= 11 is 0. The van der Waals surface area contributed by atoms with Crippen molar-refractivity contribution < 1.29 is 5.11 Å². The first-order chi connectivity index (χ1) is 12.1. The number of anilines is 1. The van der Waals surface area contributed by atoms with E-state index in [1.54, 1.807) is 15.7 Å². The molecule has 8 heteroatoms. The molecule has 0 radical (unpaired) electrons. The van der Waals surface area contributed by atoms with Crippen molar-refractivity contribution >= 4 is 5.69 Å². The molecule has 0 aliphatic heterocycles. The predicted octanol–water partition coefficient (Wildman–Crippen LogP) is 1.42. The molecule has 1 atom stereocenters. The molecule has 0 amide bonds.